The number of hydrogen-bond acceptors (Lipinski definition) is 2. The van der Waals surface area contributed by atoms with Gasteiger partial charge in [0.25, 0.3) is 0 Å². The lowest BCUT2D eigenvalue weighted by molar-refractivity contribution is -0.137. The minimum atomic E-state index is -1.66. The van der Waals surface area contributed by atoms with Crippen LogP contribution in [0.5, 0.6) is 0 Å². The number of halogens is 4. The third kappa shape index (κ3) is 2.23. The van der Waals surface area contributed by atoms with Gasteiger partial charge in [-0.2, -0.15) is 0 Å². The van der Waals surface area contributed by atoms with Crippen LogP contribution < -0.4 is 5.32 Å². The molecule has 2 N–H and O–H groups in total. The van der Waals surface area contributed by atoms with E-state index in [0.717, 1.165) is 6.92 Å². The van der Waals surface area contributed by atoms with E-state index < -0.39 is 41.0 Å². The fraction of sp³-hybridized carbons (Fsp3) is 0.222. The molecule has 1 atom stereocenters. The molecule has 0 aliphatic carbocycles. The molecule has 0 heterocycles. The second-order valence-electron chi connectivity index (χ2n) is 3.05. The molecule has 0 fully saturated rings. The maximum absolute atomic E-state index is 13.0. The molecule has 7 heteroatoms. The molecular weight excluding hydrogens is 230 g/mol. The van der Waals surface area contributed by atoms with Crippen LogP contribution in [-0.4, -0.2) is 17.1 Å². The molecule has 1 rings (SSSR count). The third-order valence-electron chi connectivity index (χ3n) is 1.84. The minimum Gasteiger partial charge on any atom is -0.480 e. The molecule has 3 nitrogen and oxygen atoms in total. The van der Waals surface area contributed by atoms with Gasteiger partial charge in [0.15, 0.2) is 23.3 Å². The van der Waals surface area contributed by atoms with E-state index in [0.29, 0.717) is 0 Å². The van der Waals surface area contributed by atoms with E-state index in [-0.39, 0.29) is 6.07 Å². The van der Waals surface area contributed by atoms with Crippen molar-refractivity contribution in [3.8, 4) is 0 Å². The summed E-state index contributed by atoms with van der Waals surface area (Å²) in [6, 6.07) is -1.34. The Labute approximate surface area is 87.7 Å². The van der Waals surface area contributed by atoms with E-state index in [1.54, 1.807) is 0 Å². The van der Waals surface area contributed by atoms with Crippen LogP contribution in [0.3, 0.4) is 0 Å². The zero-order chi connectivity index (χ0) is 12.5. The van der Waals surface area contributed by atoms with Crippen LogP contribution in [0.4, 0.5) is 23.2 Å². The van der Waals surface area contributed by atoms with Gasteiger partial charge in [0.2, 0.25) is 0 Å². The van der Waals surface area contributed by atoms with Gasteiger partial charge in [-0.15, -0.1) is 0 Å². The second kappa shape index (κ2) is 4.38. The predicted octanol–water partition coefficient (Wildman–Crippen LogP) is 2.13. The summed E-state index contributed by atoms with van der Waals surface area (Å²) in [4.78, 5) is 10.4. The number of anilines is 1. The Hall–Kier alpha value is -1.79. The number of benzene rings is 1. The largest absolute Gasteiger partial charge is 0.480 e. The summed E-state index contributed by atoms with van der Waals surface area (Å²) < 4.78 is 51.5. The molecule has 0 aliphatic rings. The van der Waals surface area contributed by atoms with Crippen molar-refractivity contribution in [2.45, 2.75) is 13.0 Å². The summed E-state index contributed by atoms with van der Waals surface area (Å²) in [7, 11) is 0. The topological polar surface area (TPSA) is 49.3 Å². The van der Waals surface area contributed by atoms with E-state index in [1.165, 1.54) is 0 Å². The quantitative estimate of drug-likeness (QED) is 0.625. The lowest BCUT2D eigenvalue weighted by Gasteiger charge is -2.12. The van der Waals surface area contributed by atoms with Gasteiger partial charge < -0.3 is 10.4 Å². The average molecular weight is 237 g/mol. The first-order chi connectivity index (χ1) is 7.34. The van der Waals surface area contributed by atoms with Crippen molar-refractivity contribution >= 4 is 11.7 Å². The van der Waals surface area contributed by atoms with Crippen LogP contribution >= 0.6 is 0 Å². The molecule has 1 aromatic carbocycles. The van der Waals surface area contributed by atoms with Crippen molar-refractivity contribution in [3.05, 3.63) is 29.3 Å². The van der Waals surface area contributed by atoms with Crippen LogP contribution in [-0.2, 0) is 4.79 Å². The van der Waals surface area contributed by atoms with Crippen molar-refractivity contribution in [3.63, 3.8) is 0 Å². The van der Waals surface area contributed by atoms with E-state index in [9.17, 15) is 22.4 Å². The van der Waals surface area contributed by atoms with Gasteiger partial charge in [0.05, 0.1) is 0 Å². The first-order valence-corrected chi connectivity index (χ1v) is 4.17. The van der Waals surface area contributed by atoms with E-state index in [2.05, 4.69) is 0 Å². The Morgan fingerprint density at radius 1 is 1.25 bits per heavy atom. The van der Waals surface area contributed by atoms with Gasteiger partial charge in [0.1, 0.15) is 11.7 Å². The third-order valence-corrected chi connectivity index (χ3v) is 1.84. The fourth-order valence-electron chi connectivity index (χ4n) is 0.978. The first-order valence-electron chi connectivity index (χ1n) is 4.17. The molecule has 0 amide bonds. The minimum absolute atomic E-state index is 0.0429. The molecule has 0 saturated carbocycles. The van der Waals surface area contributed by atoms with Gasteiger partial charge in [-0.3, -0.25) is 4.79 Å². The van der Waals surface area contributed by atoms with Crippen LogP contribution in [0.2, 0.25) is 0 Å². The highest BCUT2D eigenvalue weighted by atomic mass is 19.2. The summed E-state index contributed by atoms with van der Waals surface area (Å²) in [5.74, 6) is -7.93. The van der Waals surface area contributed by atoms with Crippen molar-refractivity contribution < 1.29 is 27.5 Å². The van der Waals surface area contributed by atoms with Crippen molar-refractivity contribution in [1.29, 1.82) is 0 Å². The van der Waals surface area contributed by atoms with Gasteiger partial charge >= 0.3 is 5.97 Å². The van der Waals surface area contributed by atoms with E-state index >= 15 is 0 Å². The molecule has 0 radical (unpaired) electrons. The number of rotatable bonds is 3. The van der Waals surface area contributed by atoms with Gasteiger partial charge in [-0.05, 0) is 6.92 Å². The van der Waals surface area contributed by atoms with Crippen molar-refractivity contribution in [2.75, 3.05) is 5.32 Å². The number of carboxylic acids is 1. The average Bonchev–Trinajstić information content (AvgIpc) is 2.21. The molecule has 0 spiro atoms. The number of nitrogens with one attached hydrogen (secondary N) is 1. The Kier molecular flexibility index (Phi) is 3.36. The van der Waals surface area contributed by atoms with E-state index in [4.69, 9.17) is 5.11 Å². The summed E-state index contributed by atoms with van der Waals surface area (Å²) >= 11 is 0. The normalized spacial score (nSPS) is 12.3. The second-order valence-corrected chi connectivity index (χ2v) is 3.05. The molecule has 1 aromatic rings. The zero-order valence-corrected chi connectivity index (χ0v) is 8.02. The van der Waals surface area contributed by atoms with Crippen LogP contribution in [0.1, 0.15) is 6.92 Å². The number of carbonyl (C=O) groups is 1. The molecule has 0 bridgehead atoms. The van der Waals surface area contributed by atoms with Crippen LogP contribution in [0, 0.1) is 23.3 Å². The number of hydrogen-bond donors (Lipinski definition) is 2. The molecule has 88 valence electrons. The molecule has 0 saturated heterocycles. The summed E-state index contributed by atoms with van der Waals surface area (Å²) in [5.41, 5.74) is -1.13. The van der Waals surface area contributed by atoms with Gasteiger partial charge in [0, 0.05) is 6.07 Å². The van der Waals surface area contributed by atoms with Gasteiger partial charge in [-0.25, -0.2) is 17.6 Å². The predicted molar refractivity (Wildman–Crippen MR) is 47.0 cm³/mol. The van der Waals surface area contributed by atoms with Crippen LogP contribution in [0.25, 0.3) is 0 Å². The molecule has 1 unspecified atom stereocenters. The Bertz CT molecular complexity index is 410. The van der Waals surface area contributed by atoms with Crippen molar-refractivity contribution in [1.82, 2.24) is 0 Å². The molecular formula is C9H7F4NO2. The highest BCUT2D eigenvalue weighted by Crippen LogP contribution is 2.24. The summed E-state index contributed by atoms with van der Waals surface area (Å²) in [6.45, 7) is 1.07. The van der Waals surface area contributed by atoms with E-state index in [1.807, 2.05) is 5.32 Å². The van der Waals surface area contributed by atoms with Crippen molar-refractivity contribution in [2.24, 2.45) is 0 Å². The number of aliphatic carboxylic acids is 1. The lowest BCUT2D eigenvalue weighted by Crippen LogP contribution is -2.27. The van der Waals surface area contributed by atoms with Gasteiger partial charge in [-0.1, -0.05) is 0 Å². The Balaban J connectivity index is 3.17. The molecule has 0 aliphatic heterocycles. The Morgan fingerprint density at radius 2 is 1.69 bits per heavy atom. The monoisotopic (exact) mass is 237 g/mol. The fourth-order valence-corrected chi connectivity index (χ4v) is 0.978. The number of carboxylic acid groups (broad SMARTS) is 1. The highest BCUT2D eigenvalue weighted by Gasteiger charge is 2.22. The highest BCUT2D eigenvalue weighted by molar-refractivity contribution is 5.76. The van der Waals surface area contributed by atoms with Crippen LogP contribution in [0.15, 0.2) is 6.07 Å². The molecule has 0 aromatic heterocycles. The zero-order valence-electron chi connectivity index (χ0n) is 8.02. The maximum atomic E-state index is 13.0. The lowest BCUT2D eigenvalue weighted by atomic mass is 10.2. The molecule has 16 heavy (non-hydrogen) atoms. The standard InChI is InChI=1S/C9H7F4NO2/c1-3(9(15)16)14-8-6(12)4(10)2-5(11)7(8)13/h2-3,14H,1H3,(H,15,16). The maximum Gasteiger partial charge on any atom is 0.325 e. The SMILES string of the molecule is CC(Nc1c(F)c(F)cc(F)c1F)C(=O)O. The Morgan fingerprint density at radius 3 is 2.06 bits per heavy atom. The smallest absolute Gasteiger partial charge is 0.325 e. The first kappa shape index (κ1) is 12.3. The summed E-state index contributed by atoms with van der Waals surface area (Å²) in [5, 5.41) is 10.3. The summed E-state index contributed by atoms with van der Waals surface area (Å²) in [6.07, 6.45) is 0.